The molecule has 0 bridgehead atoms. The number of nitrogens with zero attached hydrogens (tertiary/aromatic N) is 2. The van der Waals surface area contributed by atoms with Gasteiger partial charge in [-0.2, -0.15) is 0 Å². The third-order valence-corrected chi connectivity index (χ3v) is 5.49. The van der Waals surface area contributed by atoms with E-state index in [2.05, 4.69) is 47.7 Å². The number of benzene rings is 1. The quantitative estimate of drug-likeness (QED) is 0.867. The standard InChI is InChI=1S/C18H22N2O/c1-18(2)9-5-8-14(17(18)21)16-13-7-4-3-6-12(13)15-10-19-11-20(15)16/h3-4,6-7,10-11,14,16-17,21H,5,8-9H2,1-2H3/t14-,16?,17+/m1/s1. The minimum absolute atomic E-state index is 0.00119. The van der Waals surface area contributed by atoms with Crippen molar-refractivity contribution in [2.75, 3.05) is 0 Å². The van der Waals surface area contributed by atoms with Crippen molar-refractivity contribution in [3.05, 3.63) is 42.4 Å². The molecule has 3 heteroatoms. The van der Waals surface area contributed by atoms with Crippen molar-refractivity contribution in [3.8, 4) is 11.3 Å². The van der Waals surface area contributed by atoms with Crippen LogP contribution in [-0.2, 0) is 0 Å². The predicted molar refractivity (Wildman–Crippen MR) is 82.9 cm³/mol. The Morgan fingerprint density at radius 3 is 2.95 bits per heavy atom. The number of rotatable bonds is 1. The van der Waals surface area contributed by atoms with Gasteiger partial charge in [0.2, 0.25) is 0 Å². The van der Waals surface area contributed by atoms with Gasteiger partial charge >= 0.3 is 0 Å². The zero-order valence-corrected chi connectivity index (χ0v) is 12.7. The molecule has 110 valence electrons. The Morgan fingerprint density at radius 1 is 1.29 bits per heavy atom. The molecular formula is C18H22N2O. The summed E-state index contributed by atoms with van der Waals surface area (Å²) >= 11 is 0. The van der Waals surface area contributed by atoms with Gasteiger partial charge in [0, 0.05) is 11.5 Å². The van der Waals surface area contributed by atoms with Gasteiger partial charge in [0.1, 0.15) is 0 Å². The molecule has 1 aliphatic carbocycles. The van der Waals surface area contributed by atoms with Crippen molar-refractivity contribution < 1.29 is 5.11 Å². The van der Waals surface area contributed by atoms with E-state index in [-0.39, 0.29) is 23.5 Å². The number of aromatic nitrogens is 2. The fourth-order valence-corrected chi connectivity index (χ4v) is 4.32. The molecule has 1 aliphatic heterocycles. The van der Waals surface area contributed by atoms with Crippen molar-refractivity contribution in [1.29, 1.82) is 0 Å². The number of hydrogen-bond donors (Lipinski definition) is 1. The topological polar surface area (TPSA) is 38.0 Å². The fourth-order valence-electron chi connectivity index (χ4n) is 4.32. The Morgan fingerprint density at radius 2 is 2.10 bits per heavy atom. The molecule has 1 N–H and O–H groups in total. The molecule has 21 heavy (non-hydrogen) atoms. The lowest BCUT2D eigenvalue weighted by molar-refractivity contribution is -0.0443. The molecule has 1 saturated carbocycles. The first-order valence-corrected chi connectivity index (χ1v) is 7.89. The lowest BCUT2D eigenvalue weighted by Gasteiger charge is -2.43. The van der Waals surface area contributed by atoms with E-state index in [0.29, 0.717) is 0 Å². The molecule has 1 aromatic heterocycles. The van der Waals surface area contributed by atoms with Crippen LogP contribution < -0.4 is 0 Å². The lowest BCUT2D eigenvalue weighted by Crippen LogP contribution is -2.43. The molecule has 2 heterocycles. The molecule has 2 aliphatic rings. The highest BCUT2D eigenvalue weighted by Crippen LogP contribution is 2.50. The summed E-state index contributed by atoms with van der Waals surface area (Å²) in [6.07, 6.45) is 6.99. The molecule has 3 nitrogen and oxygen atoms in total. The van der Waals surface area contributed by atoms with E-state index in [1.165, 1.54) is 23.2 Å². The molecule has 1 fully saturated rings. The van der Waals surface area contributed by atoms with Crippen LogP contribution >= 0.6 is 0 Å². The SMILES string of the molecule is CC1(C)CCC[C@H](C2c3ccccc3-c3cncn32)[C@@H]1O. The average molecular weight is 282 g/mol. The van der Waals surface area contributed by atoms with Gasteiger partial charge in [0.05, 0.1) is 30.4 Å². The van der Waals surface area contributed by atoms with Crippen LogP contribution in [0, 0.1) is 11.3 Å². The van der Waals surface area contributed by atoms with E-state index >= 15 is 0 Å². The summed E-state index contributed by atoms with van der Waals surface area (Å²) in [5.41, 5.74) is 3.81. The van der Waals surface area contributed by atoms with Gasteiger partial charge in [-0.25, -0.2) is 4.98 Å². The van der Waals surface area contributed by atoms with Gasteiger partial charge in [0.25, 0.3) is 0 Å². The Kier molecular flexibility index (Phi) is 2.77. The lowest BCUT2D eigenvalue weighted by atomic mass is 9.66. The predicted octanol–water partition coefficient (Wildman–Crippen LogP) is 3.64. The third kappa shape index (κ3) is 1.80. The minimum atomic E-state index is -0.266. The molecule has 0 amide bonds. The summed E-state index contributed by atoms with van der Waals surface area (Å²) in [6, 6.07) is 8.80. The number of imidazole rings is 1. The van der Waals surface area contributed by atoms with Crippen LogP contribution in [0.2, 0.25) is 0 Å². The fraction of sp³-hybridized carbons (Fsp3) is 0.500. The van der Waals surface area contributed by atoms with Crippen LogP contribution in [0.3, 0.4) is 0 Å². The summed E-state index contributed by atoms with van der Waals surface area (Å²) in [7, 11) is 0. The summed E-state index contributed by atoms with van der Waals surface area (Å²) in [4.78, 5) is 4.33. The molecule has 3 atom stereocenters. The van der Waals surface area contributed by atoms with Crippen LogP contribution in [-0.4, -0.2) is 20.8 Å². The Labute approximate surface area is 125 Å². The van der Waals surface area contributed by atoms with Crippen molar-refractivity contribution in [1.82, 2.24) is 9.55 Å². The van der Waals surface area contributed by atoms with Crippen molar-refractivity contribution in [3.63, 3.8) is 0 Å². The van der Waals surface area contributed by atoms with Crippen LogP contribution in [0.25, 0.3) is 11.3 Å². The number of aliphatic hydroxyl groups is 1. The summed E-state index contributed by atoms with van der Waals surface area (Å²) < 4.78 is 2.26. The van der Waals surface area contributed by atoms with Crippen molar-refractivity contribution in [2.24, 2.45) is 11.3 Å². The van der Waals surface area contributed by atoms with Crippen LogP contribution in [0.15, 0.2) is 36.8 Å². The van der Waals surface area contributed by atoms with Crippen LogP contribution in [0.4, 0.5) is 0 Å². The number of hydrogen-bond acceptors (Lipinski definition) is 2. The second-order valence-electron chi connectivity index (χ2n) is 7.21. The highest BCUT2D eigenvalue weighted by Gasteiger charge is 2.45. The normalized spacial score (nSPS) is 30.0. The Bertz CT molecular complexity index is 673. The molecule has 1 unspecified atom stereocenters. The van der Waals surface area contributed by atoms with Gasteiger partial charge in [-0.05, 0) is 23.8 Å². The smallest absolute Gasteiger partial charge is 0.0956 e. The summed E-state index contributed by atoms with van der Waals surface area (Å²) in [5.74, 6) is 0.269. The number of fused-ring (bicyclic) bond motifs is 3. The maximum Gasteiger partial charge on any atom is 0.0956 e. The monoisotopic (exact) mass is 282 g/mol. The molecule has 0 spiro atoms. The zero-order valence-electron chi connectivity index (χ0n) is 12.7. The first-order chi connectivity index (χ1) is 10.1. The van der Waals surface area contributed by atoms with Crippen LogP contribution in [0.5, 0.6) is 0 Å². The molecule has 0 radical (unpaired) electrons. The van der Waals surface area contributed by atoms with E-state index < -0.39 is 0 Å². The number of aliphatic hydroxyl groups excluding tert-OH is 1. The first kappa shape index (κ1) is 13.1. The Hall–Kier alpha value is -1.61. The molecule has 0 saturated heterocycles. The van der Waals surface area contributed by atoms with Crippen LogP contribution in [0.1, 0.15) is 44.7 Å². The van der Waals surface area contributed by atoms with Gasteiger partial charge < -0.3 is 9.67 Å². The van der Waals surface area contributed by atoms with Crippen molar-refractivity contribution in [2.45, 2.75) is 45.3 Å². The maximum absolute atomic E-state index is 10.9. The van der Waals surface area contributed by atoms with Gasteiger partial charge in [0.15, 0.2) is 0 Å². The largest absolute Gasteiger partial charge is 0.392 e. The molecule has 4 rings (SSSR count). The highest BCUT2D eigenvalue weighted by molar-refractivity contribution is 5.69. The third-order valence-electron chi connectivity index (χ3n) is 5.49. The summed E-state index contributed by atoms with van der Waals surface area (Å²) in [6.45, 7) is 4.39. The zero-order chi connectivity index (χ0) is 14.6. The molecular weight excluding hydrogens is 260 g/mol. The van der Waals surface area contributed by atoms with E-state index in [0.717, 1.165) is 12.8 Å². The summed E-state index contributed by atoms with van der Waals surface area (Å²) in [5, 5.41) is 10.9. The van der Waals surface area contributed by atoms with E-state index in [1.807, 2.05) is 12.5 Å². The Balaban J connectivity index is 1.82. The second-order valence-corrected chi connectivity index (χ2v) is 7.21. The van der Waals surface area contributed by atoms with Crippen molar-refractivity contribution >= 4 is 0 Å². The van der Waals surface area contributed by atoms with Gasteiger partial charge in [-0.1, -0.05) is 44.5 Å². The maximum atomic E-state index is 10.9. The van der Waals surface area contributed by atoms with Gasteiger partial charge in [-0.3, -0.25) is 0 Å². The first-order valence-electron chi connectivity index (χ1n) is 7.89. The molecule has 1 aromatic carbocycles. The highest BCUT2D eigenvalue weighted by atomic mass is 16.3. The molecule has 2 aromatic rings. The van der Waals surface area contributed by atoms with E-state index in [4.69, 9.17) is 0 Å². The van der Waals surface area contributed by atoms with Gasteiger partial charge in [-0.15, -0.1) is 0 Å². The average Bonchev–Trinajstić information content (AvgIpc) is 3.03. The van der Waals surface area contributed by atoms with E-state index in [9.17, 15) is 5.11 Å². The van der Waals surface area contributed by atoms with E-state index in [1.54, 1.807) is 0 Å². The minimum Gasteiger partial charge on any atom is -0.392 e. The second kappa shape index (κ2) is 4.44.